The molecule has 0 saturated carbocycles. The molecule has 0 aromatic heterocycles. The van der Waals surface area contributed by atoms with Gasteiger partial charge in [0.2, 0.25) is 5.91 Å². The molecule has 0 N–H and O–H groups in total. The summed E-state index contributed by atoms with van der Waals surface area (Å²) >= 11 is 0. The molecule has 1 aliphatic heterocycles. The van der Waals surface area contributed by atoms with Crippen LogP contribution in [0.4, 0.5) is 0 Å². The van der Waals surface area contributed by atoms with Gasteiger partial charge in [-0.25, -0.2) is 0 Å². The Kier molecular flexibility index (Phi) is 5.46. The van der Waals surface area contributed by atoms with Gasteiger partial charge in [0, 0.05) is 19.0 Å². The zero-order chi connectivity index (χ0) is 14.7. The Labute approximate surface area is 119 Å². The van der Waals surface area contributed by atoms with Crippen molar-refractivity contribution in [2.45, 2.75) is 86.1 Å². The molecular weight excluding hydrogens is 234 g/mol. The van der Waals surface area contributed by atoms with E-state index in [-0.39, 0.29) is 10.8 Å². The number of carbonyl (C=O) groups is 1. The predicted octanol–water partition coefficient (Wildman–Crippen LogP) is 4.63. The SMILES string of the molecule is CCC(C)(C)C(CC(C)(C)C)N1CCCCCC1=O. The van der Waals surface area contributed by atoms with E-state index in [2.05, 4.69) is 46.4 Å². The minimum atomic E-state index is 0.202. The number of nitrogens with zero attached hydrogens (tertiary/aromatic N) is 1. The molecule has 1 saturated heterocycles. The molecule has 1 atom stereocenters. The highest BCUT2D eigenvalue weighted by atomic mass is 16.2. The van der Waals surface area contributed by atoms with Crippen LogP contribution in [0.3, 0.4) is 0 Å². The number of carbonyl (C=O) groups excluding carboxylic acids is 1. The van der Waals surface area contributed by atoms with Gasteiger partial charge in [-0.05, 0) is 36.5 Å². The minimum Gasteiger partial charge on any atom is -0.339 e. The summed E-state index contributed by atoms with van der Waals surface area (Å²) in [5.41, 5.74) is 0.469. The first-order chi connectivity index (χ1) is 8.67. The molecule has 19 heavy (non-hydrogen) atoms. The molecule has 112 valence electrons. The van der Waals surface area contributed by atoms with E-state index in [0.29, 0.717) is 11.9 Å². The first-order valence-corrected chi connectivity index (χ1v) is 7.97. The third-order valence-electron chi connectivity index (χ3n) is 4.61. The summed E-state index contributed by atoms with van der Waals surface area (Å²) in [6.07, 6.45) is 6.42. The van der Waals surface area contributed by atoms with Crippen molar-refractivity contribution in [3.63, 3.8) is 0 Å². The van der Waals surface area contributed by atoms with E-state index in [4.69, 9.17) is 0 Å². The molecule has 1 heterocycles. The van der Waals surface area contributed by atoms with Crippen molar-refractivity contribution in [2.24, 2.45) is 10.8 Å². The zero-order valence-corrected chi connectivity index (χ0v) is 13.9. The summed E-state index contributed by atoms with van der Waals surface area (Å²) in [5.74, 6) is 0.383. The van der Waals surface area contributed by atoms with Gasteiger partial charge in [-0.15, -0.1) is 0 Å². The highest BCUT2D eigenvalue weighted by Crippen LogP contribution is 2.37. The molecule has 1 unspecified atom stereocenters. The van der Waals surface area contributed by atoms with Crippen LogP contribution in [0, 0.1) is 10.8 Å². The first-order valence-electron chi connectivity index (χ1n) is 7.97. The van der Waals surface area contributed by atoms with Crippen LogP contribution in [0.15, 0.2) is 0 Å². The van der Waals surface area contributed by atoms with Gasteiger partial charge in [-0.3, -0.25) is 4.79 Å². The Bertz CT molecular complexity index is 301. The number of amides is 1. The maximum Gasteiger partial charge on any atom is 0.222 e. The lowest BCUT2D eigenvalue weighted by Crippen LogP contribution is -2.49. The molecule has 1 fully saturated rings. The van der Waals surface area contributed by atoms with Gasteiger partial charge in [-0.2, -0.15) is 0 Å². The Balaban J connectivity index is 2.97. The molecule has 1 rings (SSSR count). The summed E-state index contributed by atoms with van der Waals surface area (Å²) in [6, 6.07) is 0.378. The topological polar surface area (TPSA) is 20.3 Å². The van der Waals surface area contributed by atoms with E-state index >= 15 is 0 Å². The normalized spacial score (nSPS) is 20.3. The summed E-state index contributed by atoms with van der Waals surface area (Å²) in [6.45, 7) is 14.7. The zero-order valence-electron chi connectivity index (χ0n) is 13.9. The van der Waals surface area contributed by atoms with Gasteiger partial charge < -0.3 is 4.90 Å². The standard InChI is InChI=1S/C17H33NO/c1-7-17(5,6)14(13-16(2,3)4)18-12-10-8-9-11-15(18)19/h14H,7-13H2,1-6H3. The average Bonchev–Trinajstić information content (AvgIpc) is 2.49. The number of hydrogen-bond donors (Lipinski definition) is 0. The smallest absolute Gasteiger partial charge is 0.222 e. The lowest BCUT2D eigenvalue weighted by atomic mass is 9.73. The van der Waals surface area contributed by atoms with Crippen molar-refractivity contribution >= 4 is 5.91 Å². The molecule has 1 amide bonds. The third-order valence-corrected chi connectivity index (χ3v) is 4.61. The Morgan fingerprint density at radius 2 is 1.74 bits per heavy atom. The van der Waals surface area contributed by atoms with E-state index in [1.807, 2.05) is 0 Å². The maximum atomic E-state index is 12.4. The second-order valence-corrected chi connectivity index (χ2v) is 8.02. The molecule has 0 bridgehead atoms. The second-order valence-electron chi connectivity index (χ2n) is 8.02. The van der Waals surface area contributed by atoms with Crippen molar-refractivity contribution < 1.29 is 4.79 Å². The summed E-state index contributed by atoms with van der Waals surface area (Å²) < 4.78 is 0. The van der Waals surface area contributed by atoms with Crippen LogP contribution in [0.1, 0.15) is 80.1 Å². The van der Waals surface area contributed by atoms with Crippen molar-refractivity contribution in [3.05, 3.63) is 0 Å². The van der Waals surface area contributed by atoms with E-state index in [0.717, 1.165) is 32.2 Å². The number of hydrogen-bond acceptors (Lipinski definition) is 1. The van der Waals surface area contributed by atoms with Gasteiger partial charge in [0.15, 0.2) is 0 Å². The van der Waals surface area contributed by atoms with Crippen molar-refractivity contribution in [3.8, 4) is 0 Å². The molecule has 1 aliphatic rings. The third kappa shape index (κ3) is 4.81. The maximum absolute atomic E-state index is 12.4. The van der Waals surface area contributed by atoms with Crippen LogP contribution in [0.5, 0.6) is 0 Å². The summed E-state index contributed by atoms with van der Waals surface area (Å²) in [5, 5.41) is 0. The molecule has 0 aromatic carbocycles. The van der Waals surface area contributed by atoms with Gasteiger partial charge >= 0.3 is 0 Å². The van der Waals surface area contributed by atoms with Crippen molar-refractivity contribution in [2.75, 3.05) is 6.54 Å². The molecule has 0 aromatic rings. The van der Waals surface area contributed by atoms with E-state index in [1.54, 1.807) is 0 Å². The minimum absolute atomic E-state index is 0.202. The summed E-state index contributed by atoms with van der Waals surface area (Å²) in [4.78, 5) is 14.6. The Morgan fingerprint density at radius 3 is 2.26 bits per heavy atom. The predicted molar refractivity (Wildman–Crippen MR) is 82.1 cm³/mol. The van der Waals surface area contributed by atoms with E-state index in [1.165, 1.54) is 12.8 Å². The fourth-order valence-corrected chi connectivity index (χ4v) is 2.96. The molecule has 0 aliphatic carbocycles. The monoisotopic (exact) mass is 267 g/mol. The van der Waals surface area contributed by atoms with Gasteiger partial charge in [-0.1, -0.05) is 48.0 Å². The molecular formula is C17H33NO. The largest absolute Gasteiger partial charge is 0.339 e. The van der Waals surface area contributed by atoms with Crippen LogP contribution >= 0.6 is 0 Å². The van der Waals surface area contributed by atoms with Crippen molar-refractivity contribution in [1.82, 2.24) is 4.90 Å². The average molecular weight is 267 g/mol. The van der Waals surface area contributed by atoms with E-state index < -0.39 is 0 Å². The summed E-state index contributed by atoms with van der Waals surface area (Å²) in [7, 11) is 0. The number of rotatable bonds is 4. The number of likely N-dealkylation sites (tertiary alicyclic amines) is 1. The molecule has 0 radical (unpaired) electrons. The lowest BCUT2D eigenvalue weighted by Gasteiger charge is -2.44. The highest BCUT2D eigenvalue weighted by molar-refractivity contribution is 5.76. The molecule has 0 spiro atoms. The Hall–Kier alpha value is -0.530. The second kappa shape index (κ2) is 6.28. The van der Waals surface area contributed by atoms with Crippen LogP contribution in [0.2, 0.25) is 0 Å². The van der Waals surface area contributed by atoms with Crippen LogP contribution in [0.25, 0.3) is 0 Å². The highest BCUT2D eigenvalue weighted by Gasteiger charge is 2.37. The first kappa shape index (κ1) is 16.5. The van der Waals surface area contributed by atoms with E-state index in [9.17, 15) is 4.79 Å². The quantitative estimate of drug-likeness (QED) is 0.727. The van der Waals surface area contributed by atoms with Crippen molar-refractivity contribution in [1.29, 1.82) is 0 Å². The van der Waals surface area contributed by atoms with Crippen LogP contribution in [-0.2, 0) is 4.79 Å². The Morgan fingerprint density at radius 1 is 1.11 bits per heavy atom. The molecule has 2 nitrogen and oxygen atoms in total. The van der Waals surface area contributed by atoms with Gasteiger partial charge in [0.05, 0.1) is 0 Å². The van der Waals surface area contributed by atoms with Crippen LogP contribution < -0.4 is 0 Å². The van der Waals surface area contributed by atoms with Crippen LogP contribution in [-0.4, -0.2) is 23.4 Å². The fraction of sp³-hybridized carbons (Fsp3) is 0.941. The molecule has 2 heteroatoms. The fourth-order valence-electron chi connectivity index (χ4n) is 2.96. The lowest BCUT2D eigenvalue weighted by molar-refractivity contribution is -0.136. The van der Waals surface area contributed by atoms with Gasteiger partial charge in [0.1, 0.15) is 0 Å². The van der Waals surface area contributed by atoms with Gasteiger partial charge in [0.25, 0.3) is 0 Å².